The smallest absolute Gasteiger partial charge is 0.166 e. The molecule has 0 aromatic heterocycles. The average Bonchev–Trinajstić information content (AvgIpc) is 3.76. The van der Waals surface area contributed by atoms with E-state index in [-0.39, 0.29) is 6.10 Å². The first-order valence-electron chi connectivity index (χ1n) is 15.1. The van der Waals surface area contributed by atoms with E-state index in [4.69, 9.17) is 4.74 Å². The lowest BCUT2D eigenvalue weighted by atomic mass is 9.65. The van der Waals surface area contributed by atoms with Crippen molar-refractivity contribution in [2.45, 2.75) is 109 Å². The average molecular weight is 497 g/mol. The van der Waals surface area contributed by atoms with E-state index >= 15 is 0 Å². The molecule has 1 saturated heterocycles. The fourth-order valence-corrected chi connectivity index (χ4v) is 7.66. The predicted molar refractivity (Wildman–Crippen MR) is 145 cm³/mol. The standard InChI is InChI=1S/C33H46F2O/c1-2-3-4-5-6-7-23-8-10-24(11-9-23)25-12-14-26(15-13-25)27-16-18-28(19-17-27)29-20-21-30(31-22-36-31)33(35)32(29)34/h3-4,18,20-21,23-27,31H,2,5-17,19,22H2,1H3/b4-3-. The van der Waals surface area contributed by atoms with Crippen molar-refractivity contribution in [3.05, 3.63) is 53.1 Å². The van der Waals surface area contributed by atoms with Crippen LogP contribution < -0.4 is 0 Å². The molecule has 1 nitrogen and oxygen atoms in total. The third-order valence-electron chi connectivity index (χ3n) is 10.0. The molecule has 0 bridgehead atoms. The maximum Gasteiger partial charge on any atom is 0.166 e. The van der Waals surface area contributed by atoms with E-state index in [1.165, 1.54) is 70.6 Å². The summed E-state index contributed by atoms with van der Waals surface area (Å²) in [7, 11) is 0. The van der Waals surface area contributed by atoms with Gasteiger partial charge in [-0.25, -0.2) is 8.78 Å². The van der Waals surface area contributed by atoms with Crippen molar-refractivity contribution in [1.29, 1.82) is 0 Å². The van der Waals surface area contributed by atoms with Gasteiger partial charge in [0, 0.05) is 11.1 Å². The summed E-state index contributed by atoms with van der Waals surface area (Å²) in [5, 5.41) is 0. The van der Waals surface area contributed by atoms with Gasteiger partial charge >= 0.3 is 0 Å². The molecule has 36 heavy (non-hydrogen) atoms. The number of benzene rings is 1. The molecule has 2 saturated carbocycles. The molecule has 1 heterocycles. The number of allylic oxidation sites excluding steroid dienone is 4. The molecular weight excluding hydrogens is 450 g/mol. The highest BCUT2D eigenvalue weighted by Crippen LogP contribution is 2.46. The summed E-state index contributed by atoms with van der Waals surface area (Å²) in [4.78, 5) is 0. The molecule has 0 N–H and O–H groups in total. The van der Waals surface area contributed by atoms with E-state index in [1.54, 1.807) is 12.1 Å². The van der Waals surface area contributed by atoms with E-state index in [9.17, 15) is 8.78 Å². The van der Waals surface area contributed by atoms with E-state index in [0.29, 0.717) is 17.7 Å². The normalized spacial score (nSPS) is 33.0. The SMILES string of the molecule is CC/C=C\CCCC1CCC(C2CCC(C3CC=C(c4ccc(C5CO5)c(F)c4F)CC3)CC2)CC1. The first kappa shape index (κ1) is 26.1. The summed E-state index contributed by atoms with van der Waals surface area (Å²) < 4.78 is 34.4. The minimum Gasteiger partial charge on any atom is -0.368 e. The van der Waals surface area contributed by atoms with Gasteiger partial charge in [-0.1, -0.05) is 56.5 Å². The summed E-state index contributed by atoms with van der Waals surface area (Å²) >= 11 is 0. The zero-order chi connectivity index (χ0) is 24.9. The monoisotopic (exact) mass is 496 g/mol. The molecule has 4 aliphatic rings. The van der Waals surface area contributed by atoms with Crippen molar-refractivity contribution >= 4 is 5.57 Å². The Labute approximate surface area is 217 Å². The largest absolute Gasteiger partial charge is 0.368 e. The molecule has 1 aliphatic heterocycles. The van der Waals surface area contributed by atoms with E-state index in [0.717, 1.165) is 60.8 Å². The zero-order valence-electron chi connectivity index (χ0n) is 22.3. The number of rotatable bonds is 9. The van der Waals surface area contributed by atoms with E-state index < -0.39 is 11.6 Å². The molecule has 1 aromatic carbocycles. The van der Waals surface area contributed by atoms with Crippen LogP contribution in [-0.2, 0) is 4.74 Å². The second kappa shape index (κ2) is 12.4. The van der Waals surface area contributed by atoms with Gasteiger partial charge in [-0.05, 0) is 112 Å². The van der Waals surface area contributed by atoms with Crippen molar-refractivity contribution in [3.8, 4) is 0 Å². The van der Waals surface area contributed by atoms with Gasteiger partial charge in [0.1, 0.15) is 6.10 Å². The number of hydrogen-bond donors (Lipinski definition) is 0. The Bertz CT molecular complexity index is 914. The Kier molecular flexibility index (Phi) is 8.99. The summed E-state index contributed by atoms with van der Waals surface area (Å²) in [6.45, 7) is 2.71. The molecule has 2 unspecified atom stereocenters. The van der Waals surface area contributed by atoms with Crippen LogP contribution in [-0.4, -0.2) is 6.61 Å². The third kappa shape index (κ3) is 6.32. The van der Waals surface area contributed by atoms with Gasteiger partial charge < -0.3 is 4.74 Å². The van der Waals surface area contributed by atoms with Gasteiger partial charge in [0.15, 0.2) is 11.6 Å². The van der Waals surface area contributed by atoms with Crippen LogP contribution in [0.2, 0.25) is 0 Å². The lowest BCUT2D eigenvalue weighted by Crippen LogP contribution is -2.28. The number of halogens is 2. The molecular formula is C33H46F2O. The quantitative estimate of drug-likeness (QED) is 0.188. The molecule has 0 spiro atoms. The Morgan fingerprint density at radius 1 is 0.833 bits per heavy atom. The first-order valence-corrected chi connectivity index (χ1v) is 15.1. The number of unbranched alkanes of at least 4 members (excludes halogenated alkanes) is 1. The van der Waals surface area contributed by atoms with Gasteiger partial charge in [-0.2, -0.15) is 0 Å². The fraction of sp³-hybridized carbons (Fsp3) is 0.697. The number of epoxide rings is 1. The predicted octanol–water partition coefficient (Wildman–Crippen LogP) is 9.97. The minimum absolute atomic E-state index is 0.249. The number of hydrogen-bond acceptors (Lipinski definition) is 1. The highest BCUT2D eigenvalue weighted by atomic mass is 19.2. The topological polar surface area (TPSA) is 12.5 Å². The van der Waals surface area contributed by atoms with Gasteiger partial charge in [0.2, 0.25) is 0 Å². The molecule has 3 aliphatic carbocycles. The van der Waals surface area contributed by atoms with Gasteiger partial charge in [-0.3, -0.25) is 0 Å². The summed E-state index contributed by atoms with van der Waals surface area (Å²) in [6, 6.07) is 3.49. The lowest BCUT2D eigenvalue weighted by Gasteiger charge is -2.40. The van der Waals surface area contributed by atoms with Crippen LogP contribution in [0.25, 0.3) is 5.57 Å². The van der Waals surface area contributed by atoms with Crippen LogP contribution in [0.1, 0.15) is 120 Å². The molecule has 198 valence electrons. The first-order chi connectivity index (χ1) is 17.6. The van der Waals surface area contributed by atoms with Crippen molar-refractivity contribution in [1.82, 2.24) is 0 Å². The van der Waals surface area contributed by atoms with Gasteiger partial charge in [0.05, 0.1) is 6.61 Å². The van der Waals surface area contributed by atoms with Gasteiger partial charge in [0.25, 0.3) is 0 Å². The van der Waals surface area contributed by atoms with Crippen molar-refractivity contribution in [3.63, 3.8) is 0 Å². The Hall–Kier alpha value is -1.48. The molecule has 3 fully saturated rings. The maximum atomic E-state index is 14.8. The van der Waals surface area contributed by atoms with E-state index in [2.05, 4.69) is 25.2 Å². The molecule has 2 atom stereocenters. The summed E-state index contributed by atoms with van der Waals surface area (Å²) in [6.07, 6.45) is 26.3. The van der Waals surface area contributed by atoms with Crippen LogP contribution in [0.4, 0.5) is 8.78 Å². The molecule has 1 aromatic rings. The second-order valence-electron chi connectivity index (χ2n) is 12.2. The fourth-order valence-electron chi connectivity index (χ4n) is 7.66. The zero-order valence-corrected chi connectivity index (χ0v) is 22.3. The summed E-state index contributed by atoms with van der Waals surface area (Å²) in [5.74, 6) is 3.05. The Morgan fingerprint density at radius 2 is 1.50 bits per heavy atom. The van der Waals surface area contributed by atoms with E-state index in [1.807, 2.05) is 0 Å². The summed E-state index contributed by atoms with van der Waals surface area (Å²) in [5.41, 5.74) is 1.83. The van der Waals surface area contributed by atoms with Crippen LogP contribution in [0.15, 0.2) is 30.4 Å². The van der Waals surface area contributed by atoms with Crippen molar-refractivity contribution in [2.24, 2.45) is 29.6 Å². The Balaban J connectivity index is 1.05. The van der Waals surface area contributed by atoms with Crippen LogP contribution in [0, 0.1) is 41.2 Å². The molecule has 5 rings (SSSR count). The highest BCUT2D eigenvalue weighted by Gasteiger charge is 2.34. The lowest BCUT2D eigenvalue weighted by molar-refractivity contribution is 0.120. The highest BCUT2D eigenvalue weighted by molar-refractivity contribution is 5.67. The van der Waals surface area contributed by atoms with Crippen molar-refractivity contribution < 1.29 is 13.5 Å². The van der Waals surface area contributed by atoms with Gasteiger partial charge in [-0.15, -0.1) is 0 Å². The maximum absolute atomic E-state index is 14.8. The second-order valence-corrected chi connectivity index (χ2v) is 12.2. The third-order valence-corrected chi connectivity index (χ3v) is 10.0. The van der Waals surface area contributed by atoms with Crippen LogP contribution in [0.5, 0.6) is 0 Å². The van der Waals surface area contributed by atoms with Crippen molar-refractivity contribution in [2.75, 3.05) is 6.61 Å². The Morgan fingerprint density at radius 3 is 2.11 bits per heavy atom. The van der Waals surface area contributed by atoms with Crippen LogP contribution >= 0.6 is 0 Å². The molecule has 3 heteroatoms. The van der Waals surface area contributed by atoms with Crippen LogP contribution in [0.3, 0.4) is 0 Å². The molecule has 0 amide bonds. The minimum atomic E-state index is -0.713. The number of ether oxygens (including phenoxy) is 1. The molecule has 0 radical (unpaired) electrons.